The highest BCUT2D eigenvalue weighted by molar-refractivity contribution is 5.70. The van der Waals surface area contributed by atoms with Crippen molar-refractivity contribution in [3.63, 3.8) is 0 Å². The van der Waals surface area contributed by atoms with Crippen molar-refractivity contribution in [1.82, 2.24) is 0 Å². The zero-order valence-electron chi connectivity index (χ0n) is 7.53. The van der Waals surface area contributed by atoms with E-state index in [1.165, 1.54) is 6.26 Å². The van der Waals surface area contributed by atoms with Gasteiger partial charge in [-0.3, -0.25) is 4.79 Å². The lowest BCUT2D eigenvalue weighted by molar-refractivity contribution is -0.143. The maximum atomic E-state index is 11.0. The third kappa shape index (κ3) is 2.91. The molecule has 0 bridgehead atoms. The molecular weight excluding hydrogens is 170 g/mol. The molecule has 0 aliphatic heterocycles. The average Bonchev–Trinajstić information content (AvgIpc) is 2.55. The van der Waals surface area contributed by atoms with Gasteiger partial charge >= 0.3 is 5.97 Å². The summed E-state index contributed by atoms with van der Waals surface area (Å²) in [6.07, 6.45) is 1.68. The molecule has 2 N–H and O–H groups in total. The maximum absolute atomic E-state index is 11.0. The van der Waals surface area contributed by atoms with E-state index in [0.717, 1.165) is 0 Å². The van der Waals surface area contributed by atoms with Crippen molar-refractivity contribution >= 4 is 5.97 Å². The fourth-order valence-corrected chi connectivity index (χ4v) is 1.00. The van der Waals surface area contributed by atoms with Gasteiger partial charge in [0.1, 0.15) is 5.76 Å². The molecule has 0 saturated carbocycles. The monoisotopic (exact) mass is 183 g/mol. The van der Waals surface area contributed by atoms with Crippen molar-refractivity contribution in [2.24, 2.45) is 5.73 Å². The summed E-state index contributed by atoms with van der Waals surface area (Å²) in [5, 5.41) is 0. The summed E-state index contributed by atoms with van der Waals surface area (Å²) in [6.45, 7) is 2.14. The molecule has 1 aromatic rings. The topological polar surface area (TPSA) is 65.5 Å². The van der Waals surface area contributed by atoms with E-state index >= 15 is 0 Å². The van der Waals surface area contributed by atoms with E-state index < -0.39 is 6.04 Å². The van der Waals surface area contributed by atoms with E-state index in [2.05, 4.69) is 0 Å². The molecule has 0 saturated heterocycles. The number of nitrogens with two attached hydrogens (primary N) is 1. The zero-order chi connectivity index (χ0) is 9.68. The molecule has 0 aliphatic carbocycles. The molecule has 72 valence electrons. The molecule has 1 atom stereocenters. The maximum Gasteiger partial charge on any atom is 0.307 e. The molecule has 4 nitrogen and oxygen atoms in total. The molecule has 1 unspecified atom stereocenters. The van der Waals surface area contributed by atoms with Crippen LogP contribution in [-0.4, -0.2) is 12.6 Å². The Balaban J connectivity index is 2.42. The second-order valence-corrected chi connectivity index (χ2v) is 2.63. The number of furan rings is 1. The lowest BCUT2D eigenvalue weighted by Gasteiger charge is -2.07. The van der Waals surface area contributed by atoms with Crippen LogP contribution in [0.4, 0.5) is 0 Å². The first-order valence-electron chi connectivity index (χ1n) is 4.18. The fourth-order valence-electron chi connectivity index (χ4n) is 1.00. The van der Waals surface area contributed by atoms with Crippen molar-refractivity contribution in [3.8, 4) is 0 Å². The van der Waals surface area contributed by atoms with Crippen LogP contribution >= 0.6 is 0 Å². The van der Waals surface area contributed by atoms with Crippen LogP contribution in [0.1, 0.15) is 25.1 Å². The van der Waals surface area contributed by atoms with E-state index in [-0.39, 0.29) is 12.4 Å². The molecule has 0 spiro atoms. The number of carbonyl (C=O) groups excluding carboxylic acids is 1. The van der Waals surface area contributed by atoms with E-state index in [9.17, 15) is 4.79 Å². The SMILES string of the molecule is CCOC(=O)CC(N)c1ccco1. The van der Waals surface area contributed by atoms with Gasteiger partial charge in [0.05, 0.1) is 25.3 Å². The molecule has 1 heterocycles. The van der Waals surface area contributed by atoms with Crippen molar-refractivity contribution in [3.05, 3.63) is 24.2 Å². The molecule has 0 aliphatic rings. The Bertz CT molecular complexity index is 256. The lowest BCUT2D eigenvalue weighted by atomic mass is 10.2. The summed E-state index contributed by atoms with van der Waals surface area (Å²) < 4.78 is 9.79. The van der Waals surface area contributed by atoms with Gasteiger partial charge < -0.3 is 14.9 Å². The summed E-state index contributed by atoms with van der Waals surface area (Å²) in [6, 6.07) is 3.07. The predicted octanol–water partition coefficient (Wildman–Crippen LogP) is 1.23. The van der Waals surface area contributed by atoms with E-state index in [1.807, 2.05) is 0 Å². The van der Waals surface area contributed by atoms with Gasteiger partial charge in [-0.1, -0.05) is 0 Å². The molecule has 0 amide bonds. The summed E-state index contributed by atoms with van der Waals surface area (Å²) in [5.41, 5.74) is 5.68. The van der Waals surface area contributed by atoms with Gasteiger partial charge in [-0.05, 0) is 19.1 Å². The van der Waals surface area contributed by atoms with E-state index in [0.29, 0.717) is 12.4 Å². The van der Waals surface area contributed by atoms with Gasteiger partial charge in [-0.2, -0.15) is 0 Å². The molecule has 0 aromatic carbocycles. The third-order valence-electron chi connectivity index (χ3n) is 1.60. The molecule has 13 heavy (non-hydrogen) atoms. The number of ether oxygens (including phenoxy) is 1. The van der Waals surface area contributed by atoms with Gasteiger partial charge in [0, 0.05) is 0 Å². The van der Waals surface area contributed by atoms with Crippen molar-refractivity contribution < 1.29 is 13.9 Å². The Labute approximate surface area is 76.7 Å². The Hall–Kier alpha value is -1.29. The third-order valence-corrected chi connectivity index (χ3v) is 1.60. The lowest BCUT2D eigenvalue weighted by Crippen LogP contribution is -2.16. The quantitative estimate of drug-likeness (QED) is 0.713. The molecule has 1 rings (SSSR count). The van der Waals surface area contributed by atoms with Gasteiger partial charge in [0.2, 0.25) is 0 Å². The molecule has 4 heteroatoms. The highest BCUT2D eigenvalue weighted by atomic mass is 16.5. The highest BCUT2D eigenvalue weighted by Crippen LogP contribution is 2.14. The first-order valence-corrected chi connectivity index (χ1v) is 4.18. The minimum atomic E-state index is -0.408. The second kappa shape index (κ2) is 4.67. The van der Waals surface area contributed by atoms with Crippen LogP contribution in [0.2, 0.25) is 0 Å². The smallest absolute Gasteiger partial charge is 0.307 e. The highest BCUT2D eigenvalue weighted by Gasteiger charge is 2.14. The van der Waals surface area contributed by atoms with Crippen LogP contribution in [0.25, 0.3) is 0 Å². The van der Waals surface area contributed by atoms with Crippen LogP contribution in [-0.2, 0) is 9.53 Å². The number of rotatable bonds is 4. The standard InChI is InChI=1S/C9H13NO3/c1-2-12-9(11)6-7(10)8-4-3-5-13-8/h3-5,7H,2,6,10H2,1H3. The summed E-state index contributed by atoms with van der Waals surface area (Å²) in [5.74, 6) is 0.305. The van der Waals surface area contributed by atoms with Crippen molar-refractivity contribution in [2.45, 2.75) is 19.4 Å². The Kier molecular flexibility index (Phi) is 3.52. The fraction of sp³-hybridized carbons (Fsp3) is 0.444. The minimum absolute atomic E-state index is 0.154. The number of hydrogen-bond donors (Lipinski definition) is 1. The van der Waals surface area contributed by atoms with Gasteiger partial charge in [0.25, 0.3) is 0 Å². The van der Waals surface area contributed by atoms with Gasteiger partial charge in [0.15, 0.2) is 0 Å². The summed E-state index contributed by atoms with van der Waals surface area (Å²) >= 11 is 0. The normalized spacial score (nSPS) is 12.5. The van der Waals surface area contributed by atoms with Crippen LogP contribution < -0.4 is 5.73 Å². The first kappa shape index (κ1) is 9.80. The van der Waals surface area contributed by atoms with Crippen LogP contribution in [0.3, 0.4) is 0 Å². The number of esters is 1. The van der Waals surface area contributed by atoms with Gasteiger partial charge in [-0.25, -0.2) is 0 Å². The Morgan fingerprint density at radius 3 is 3.08 bits per heavy atom. The van der Waals surface area contributed by atoms with E-state index in [1.54, 1.807) is 19.1 Å². The first-order chi connectivity index (χ1) is 6.24. The molecular formula is C9H13NO3. The van der Waals surface area contributed by atoms with Crippen LogP contribution in [0.5, 0.6) is 0 Å². The minimum Gasteiger partial charge on any atom is -0.468 e. The summed E-state index contributed by atoms with van der Waals surface area (Å²) in [7, 11) is 0. The summed E-state index contributed by atoms with van der Waals surface area (Å²) in [4.78, 5) is 11.0. The molecule has 0 radical (unpaired) electrons. The second-order valence-electron chi connectivity index (χ2n) is 2.63. The van der Waals surface area contributed by atoms with Crippen LogP contribution in [0, 0.1) is 0 Å². The van der Waals surface area contributed by atoms with Crippen LogP contribution in [0.15, 0.2) is 22.8 Å². The number of carbonyl (C=O) groups is 1. The predicted molar refractivity (Wildman–Crippen MR) is 46.9 cm³/mol. The number of hydrogen-bond acceptors (Lipinski definition) is 4. The van der Waals surface area contributed by atoms with Gasteiger partial charge in [-0.15, -0.1) is 0 Å². The zero-order valence-corrected chi connectivity index (χ0v) is 7.53. The van der Waals surface area contributed by atoms with Crippen molar-refractivity contribution in [2.75, 3.05) is 6.61 Å². The average molecular weight is 183 g/mol. The Morgan fingerprint density at radius 2 is 2.54 bits per heavy atom. The molecule has 1 aromatic heterocycles. The van der Waals surface area contributed by atoms with E-state index in [4.69, 9.17) is 14.9 Å². The van der Waals surface area contributed by atoms with Crippen molar-refractivity contribution in [1.29, 1.82) is 0 Å². The molecule has 0 fully saturated rings. The largest absolute Gasteiger partial charge is 0.468 e. The Morgan fingerprint density at radius 1 is 1.77 bits per heavy atom.